The summed E-state index contributed by atoms with van der Waals surface area (Å²) in [5, 5.41) is -1.25. The second kappa shape index (κ2) is 5.07. The fraction of sp³-hybridized carbons (Fsp3) is 0.900. The van der Waals surface area contributed by atoms with Gasteiger partial charge in [0.2, 0.25) is 0 Å². The summed E-state index contributed by atoms with van der Waals surface area (Å²) in [4.78, 5) is 11.4. The average Bonchev–Trinajstić information content (AvgIpc) is 2.28. The lowest BCUT2D eigenvalue weighted by Crippen LogP contribution is -2.38. The molecular weight excluding hydrogens is 216 g/mol. The molecule has 4 nitrogen and oxygen atoms in total. The topological polar surface area (TPSA) is 60.4 Å². The zero-order valence-electron chi connectivity index (χ0n) is 9.23. The van der Waals surface area contributed by atoms with E-state index in [0.29, 0.717) is 26.1 Å². The Morgan fingerprint density at radius 1 is 1.40 bits per heavy atom. The lowest BCUT2D eigenvalue weighted by molar-refractivity contribution is -0.118. The molecule has 5 heteroatoms. The number of hydrogen-bond acceptors (Lipinski definition) is 4. The van der Waals surface area contributed by atoms with Crippen LogP contribution in [0.25, 0.3) is 0 Å². The Morgan fingerprint density at radius 3 is 2.40 bits per heavy atom. The molecule has 0 N–H and O–H groups in total. The third-order valence-corrected chi connectivity index (χ3v) is 5.58. The Bertz CT molecular complexity index is 314. The van der Waals surface area contributed by atoms with E-state index in [0.717, 1.165) is 0 Å². The fourth-order valence-electron chi connectivity index (χ4n) is 1.76. The van der Waals surface area contributed by atoms with Gasteiger partial charge in [-0.25, -0.2) is 8.42 Å². The van der Waals surface area contributed by atoms with Crippen LogP contribution in [0, 0.1) is 0 Å². The molecule has 0 spiro atoms. The van der Waals surface area contributed by atoms with Crippen molar-refractivity contribution in [3.05, 3.63) is 0 Å². The predicted molar refractivity (Wildman–Crippen MR) is 57.5 cm³/mol. The highest BCUT2D eigenvalue weighted by Crippen LogP contribution is 2.21. The van der Waals surface area contributed by atoms with Crippen molar-refractivity contribution >= 4 is 15.6 Å². The quantitative estimate of drug-likeness (QED) is 0.726. The van der Waals surface area contributed by atoms with E-state index in [2.05, 4.69) is 0 Å². The molecule has 0 aromatic carbocycles. The zero-order chi connectivity index (χ0) is 11.5. The minimum atomic E-state index is -3.30. The Kier molecular flexibility index (Phi) is 4.28. The van der Waals surface area contributed by atoms with Crippen LogP contribution < -0.4 is 0 Å². The number of carbonyl (C=O) groups excluding carboxylic acids is 1. The van der Waals surface area contributed by atoms with E-state index in [1.54, 1.807) is 6.92 Å². The van der Waals surface area contributed by atoms with Gasteiger partial charge in [0.05, 0.1) is 5.25 Å². The normalized spacial score (nSPS) is 21.2. The molecule has 0 saturated carbocycles. The van der Waals surface area contributed by atoms with Crippen molar-refractivity contribution in [3.8, 4) is 0 Å². The standard InChI is InChI=1S/C10H18O4S/c1-3-10(11)8(2)15(12,13)9-4-6-14-7-5-9/h8-9H,3-7H2,1-2H3. The Hall–Kier alpha value is -0.420. The van der Waals surface area contributed by atoms with Crippen molar-refractivity contribution in [1.82, 2.24) is 0 Å². The van der Waals surface area contributed by atoms with Gasteiger partial charge in [-0.1, -0.05) is 6.92 Å². The molecule has 0 aromatic rings. The van der Waals surface area contributed by atoms with Crippen molar-refractivity contribution < 1.29 is 17.9 Å². The summed E-state index contributed by atoms with van der Waals surface area (Å²) in [6.07, 6.45) is 1.32. The maximum atomic E-state index is 12.0. The monoisotopic (exact) mass is 234 g/mol. The summed E-state index contributed by atoms with van der Waals surface area (Å²) in [5.74, 6) is -0.193. The van der Waals surface area contributed by atoms with Crippen LogP contribution in [-0.4, -0.2) is 37.9 Å². The van der Waals surface area contributed by atoms with Crippen LogP contribution in [0.2, 0.25) is 0 Å². The van der Waals surface area contributed by atoms with E-state index in [4.69, 9.17) is 4.74 Å². The lowest BCUT2D eigenvalue weighted by Gasteiger charge is -2.24. The number of ketones is 1. The number of Topliss-reactive ketones (excluding diaryl/α,β-unsaturated/α-hetero) is 1. The van der Waals surface area contributed by atoms with Crippen LogP contribution in [0.3, 0.4) is 0 Å². The molecule has 1 fully saturated rings. The van der Waals surface area contributed by atoms with Crippen LogP contribution in [0.4, 0.5) is 0 Å². The van der Waals surface area contributed by atoms with Gasteiger partial charge < -0.3 is 4.74 Å². The van der Waals surface area contributed by atoms with Crippen LogP contribution in [0.1, 0.15) is 33.1 Å². The van der Waals surface area contributed by atoms with Gasteiger partial charge in [0.25, 0.3) is 0 Å². The van der Waals surface area contributed by atoms with E-state index in [-0.39, 0.29) is 12.2 Å². The first-order chi connectivity index (χ1) is 7.00. The molecule has 1 rings (SSSR count). The zero-order valence-corrected chi connectivity index (χ0v) is 10.0. The molecule has 1 aliphatic rings. The van der Waals surface area contributed by atoms with Gasteiger partial charge in [-0.05, 0) is 19.8 Å². The van der Waals surface area contributed by atoms with Gasteiger partial charge in [0.1, 0.15) is 11.0 Å². The smallest absolute Gasteiger partial charge is 0.162 e. The van der Waals surface area contributed by atoms with Crippen LogP contribution >= 0.6 is 0 Å². The summed E-state index contributed by atoms with van der Waals surface area (Å²) in [5.41, 5.74) is 0. The van der Waals surface area contributed by atoms with E-state index >= 15 is 0 Å². The summed E-state index contributed by atoms with van der Waals surface area (Å²) >= 11 is 0. The molecule has 1 saturated heterocycles. The molecular formula is C10H18O4S. The van der Waals surface area contributed by atoms with Crippen LogP contribution in [0.15, 0.2) is 0 Å². The first-order valence-electron chi connectivity index (χ1n) is 5.33. The molecule has 0 amide bonds. The SMILES string of the molecule is CCC(=O)C(C)S(=O)(=O)C1CCOCC1. The third kappa shape index (κ3) is 2.78. The number of carbonyl (C=O) groups is 1. The summed E-state index contributed by atoms with van der Waals surface area (Å²) in [6.45, 7) is 4.16. The molecule has 0 aromatic heterocycles. The summed E-state index contributed by atoms with van der Waals surface area (Å²) in [6, 6.07) is 0. The van der Waals surface area contributed by atoms with Crippen molar-refractivity contribution in [2.45, 2.75) is 43.6 Å². The highest BCUT2D eigenvalue weighted by Gasteiger charge is 2.35. The van der Waals surface area contributed by atoms with Crippen LogP contribution in [-0.2, 0) is 19.4 Å². The molecule has 88 valence electrons. The van der Waals surface area contributed by atoms with Crippen molar-refractivity contribution in [2.24, 2.45) is 0 Å². The summed E-state index contributed by atoms with van der Waals surface area (Å²) in [7, 11) is -3.30. The minimum absolute atomic E-state index is 0.193. The Balaban J connectivity index is 2.76. The average molecular weight is 234 g/mol. The molecule has 1 atom stereocenters. The third-order valence-electron chi connectivity index (χ3n) is 2.93. The number of rotatable bonds is 4. The van der Waals surface area contributed by atoms with Crippen molar-refractivity contribution in [1.29, 1.82) is 0 Å². The maximum Gasteiger partial charge on any atom is 0.162 e. The summed E-state index contributed by atoms with van der Waals surface area (Å²) < 4.78 is 29.1. The number of hydrogen-bond donors (Lipinski definition) is 0. The van der Waals surface area contributed by atoms with Gasteiger partial charge in [0.15, 0.2) is 9.84 Å². The maximum absolute atomic E-state index is 12.0. The predicted octanol–water partition coefficient (Wildman–Crippen LogP) is 0.948. The van der Waals surface area contributed by atoms with Gasteiger partial charge >= 0.3 is 0 Å². The molecule has 1 heterocycles. The van der Waals surface area contributed by atoms with Crippen LogP contribution in [0.5, 0.6) is 0 Å². The van der Waals surface area contributed by atoms with Crippen molar-refractivity contribution in [2.75, 3.05) is 13.2 Å². The first kappa shape index (κ1) is 12.6. The molecule has 0 radical (unpaired) electrons. The molecule has 1 aliphatic heterocycles. The highest BCUT2D eigenvalue weighted by molar-refractivity contribution is 7.93. The van der Waals surface area contributed by atoms with E-state index < -0.39 is 20.3 Å². The molecule has 0 bridgehead atoms. The van der Waals surface area contributed by atoms with E-state index in [1.807, 2.05) is 0 Å². The first-order valence-corrected chi connectivity index (χ1v) is 6.94. The van der Waals surface area contributed by atoms with Gasteiger partial charge in [0, 0.05) is 19.6 Å². The largest absolute Gasteiger partial charge is 0.381 e. The van der Waals surface area contributed by atoms with Gasteiger partial charge in [-0.3, -0.25) is 4.79 Å². The Labute approximate surface area is 90.9 Å². The fourth-order valence-corrected chi connectivity index (χ4v) is 3.72. The minimum Gasteiger partial charge on any atom is -0.381 e. The molecule has 0 aliphatic carbocycles. The molecule has 1 unspecified atom stereocenters. The van der Waals surface area contributed by atoms with Gasteiger partial charge in [-0.15, -0.1) is 0 Å². The Morgan fingerprint density at radius 2 is 1.93 bits per heavy atom. The second-order valence-corrected chi connectivity index (χ2v) is 6.41. The highest BCUT2D eigenvalue weighted by atomic mass is 32.2. The number of sulfone groups is 1. The number of ether oxygens (including phenoxy) is 1. The lowest BCUT2D eigenvalue weighted by atomic mass is 10.2. The van der Waals surface area contributed by atoms with E-state index in [9.17, 15) is 13.2 Å². The van der Waals surface area contributed by atoms with Crippen molar-refractivity contribution in [3.63, 3.8) is 0 Å². The molecule has 15 heavy (non-hydrogen) atoms. The second-order valence-electron chi connectivity index (χ2n) is 3.86. The van der Waals surface area contributed by atoms with E-state index in [1.165, 1.54) is 6.92 Å². The van der Waals surface area contributed by atoms with Gasteiger partial charge in [-0.2, -0.15) is 0 Å².